The standard InChI is InChI=1S/C24H26O2S2/c1-5-25-23-15-20(10-14-22-12-8-18(4)28-22)24(26-6-2)16-19(23)9-13-21-11-7-17(3)27-21/h7-16H,5-6H2,1-4H3/b13-9-,14-10+. The summed E-state index contributed by atoms with van der Waals surface area (Å²) in [5, 5.41) is 0. The Bertz CT molecular complexity index is 896. The van der Waals surface area contributed by atoms with E-state index < -0.39 is 0 Å². The van der Waals surface area contributed by atoms with Gasteiger partial charge in [-0.1, -0.05) is 0 Å². The molecule has 0 bridgehead atoms. The Balaban J connectivity index is 1.96. The highest BCUT2D eigenvalue weighted by Gasteiger charge is 2.09. The second-order valence-electron chi connectivity index (χ2n) is 6.36. The minimum absolute atomic E-state index is 0.625. The molecule has 4 heteroatoms. The molecule has 1 aromatic carbocycles. The Morgan fingerprint density at radius 3 is 1.43 bits per heavy atom. The minimum atomic E-state index is 0.625. The Morgan fingerprint density at radius 2 is 1.11 bits per heavy atom. The summed E-state index contributed by atoms with van der Waals surface area (Å²) in [6.45, 7) is 9.52. The second-order valence-corrected chi connectivity index (χ2v) is 9.00. The lowest BCUT2D eigenvalue weighted by Crippen LogP contribution is -1.99. The summed E-state index contributed by atoms with van der Waals surface area (Å²) in [5.41, 5.74) is 2.06. The molecule has 3 rings (SSSR count). The molecule has 146 valence electrons. The largest absolute Gasteiger partial charge is 0.493 e. The van der Waals surface area contributed by atoms with Crippen LogP contribution in [-0.4, -0.2) is 13.2 Å². The molecular formula is C24H26O2S2. The maximum absolute atomic E-state index is 5.93. The van der Waals surface area contributed by atoms with Gasteiger partial charge in [-0.15, -0.1) is 22.7 Å². The summed E-state index contributed by atoms with van der Waals surface area (Å²) < 4.78 is 11.9. The van der Waals surface area contributed by atoms with E-state index in [2.05, 4.69) is 74.5 Å². The lowest BCUT2D eigenvalue weighted by molar-refractivity contribution is 0.329. The zero-order valence-corrected chi connectivity index (χ0v) is 18.5. The number of rotatable bonds is 8. The number of ether oxygens (including phenoxy) is 2. The molecule has 2 aromatic heterocycles. The quantitative estimate of drug-likeness (QED) is 0.381. The highest BCUT2D eigenvalue weighted by molar-refractivity contribution is 7.13. The number of aryl methyl sites for hydroxylation is 2. The van der Waals surface area contributed by atoms with E-state index in [1.165, 1.54) is 19.5 Å². The van der Waals surface area contributed by atoms with Crippen molar-refractivity contribution in [1.82, 2.24) is 0 Å². The second kappa shape index (κ2) is 9.76. The molecule has 0 unspecified atom stereocenters. The zero-order valence-electron chi connectivity index (χ0n) is 16.8. The van der Waals surface area contributed by atoms with Gasteiger partial charge in [-0.25, -0.2) is 0 Å². The van der Waals surface area contributed by atoms with E-state index in [1.807, 2.05) is 13.8 Å². The summed E-state index contributed by atoms with van der Waals surface area (Å²) in [7, 11) is 0. The number of benzene rings is 1. The van der Waals surface area contributed by atoms with Crippen molar-refractivity contribution in [3.05, 3.63) is 67.0 Å². The van der Waals surface area contributed by atoms with Gasteiger partial charge in [0, 0.05) is 30.6 Å². The van der Waals surface area contributed by atoms with Gasteiger partial charge >= 0.3 is 0 Å². The molecule has 0 spiro atoms. The van der Waals surface area contributed by atoms with Crippen molar-refractivity contribution in [2.45, 2.75) is 27.7 Å². The van der Waals surface area contributed by atoms with Gasteiger partial charge in [-0.2, -0.15) is 0 Å². The van der Waals surface area contributed by atoms with Crippen molar-refractivity contribution in [2.75, 3.05) is 13.2 Å². The van der Waals surface area contributed by atoms with Gasteiger partial charge in [-0.05, 0) is 88.4 Å². The molecule has 0 saturated heterocycles. The summed E-state index contributed by atoms with van der Waals surface area (Å²) in [6.07, 6.45) is 8.48. The molecule has 0 aliphatic carbocycles. The fourth-order valence-corrected chi connectivity index (χ4v) is 4.40. The monoisotopic (exact) mass is 410 g/mol. The van der Waals surface area contributed by atoms with Crippen LogP contribution in [0.25, 0.3) is 24.3 Å². The fraction of sp³-hybridized carbons (Fsp3) is 0.250. The van der Waals surface area contributed by atoms with Crippen LogP contribution in [0.5, 0.6) is 11.5 Å². The molecule has 0 aliphatic rings. The Hall–Kier alpha value is -2.30. The molecule has 2 heterocycles. The third-order valence-corrected chi connectivity index (χ3v) is 6.05. The first-order valence-corrected chi connectivity index (χ1v) is 11.1. The SMILES string of the molecule is CCOc1cc(/C=C/c2ccc(C)s2)c(OCC)cc1/C=C\c1ccc(C)s1. The van der Waals surface area contributed by atoms with E-state index in [1.54, 1.807) is 22.7 Å². The third kappa shape index (κ3) is 5.37. The molecule has 0 radical (unpaired) electrons. The molecule has 0 saturated carbocycles. The van der Waals surface area contributed by atoms with Crippen LogP contribution in [0, 0.1) is 13.8 Å². The van der Waals surface area contributed by atoms with Crippen molar-refractivity contribution in [3.63, 3.8) is 0 Å². The van der Waals surface area contributed by atoms with Gasteiger partial charge in [0.25, 0.3) is 0 Å². The molecule has 0 amide bonds. The predicted octanol–water partition coefficient (Wildman–Crippen LogP) is 7.56. The van der Waals surface area contributed by atoms with Crippen LogP contribution in [0.4, 0.5) is 0 Å². The van der Waals surface area contributed by atoms with Gasteiger partial charge in [0.15, 0.2) is 0 Å². The fourth-order valence-electron chi connectivity index (χ4n) is 2.84. The lowest BCUT2D eigenvalue weighted by atomic mass is 10.1. The van der Waals surface area contributed by atoms with Crippen LogP contribution in [0.2, 0.25) is 0 Å². The van der Waals surface area contributed by atoms with Crippen LogP contribution < -0.4 is 9.47 Å². The molecule has 0 fully saturated rings. The van der Waals surface area contributed by atoms with Crippen molar-refractivity contribution < 1.29 is 9.47 Å². The van der Waals surface area contributed by atoms with E-state index >= 15 is 0 Å². The lowest BCUT2D eigenvalue weighted by Gasteiger charge is -2.13. The maximum Gasteiger partial charge on any atom is 0.127 e. The van der Waals surface area contributed by atoms with Crippen molar-refractivity contribution >= 4 is 47.0 Å². The van der Waals surface area contributed by atoms with Crippen LogP contribution >= 0.6 is 22.7 Å². The van der Waals surface area contributed by atoms with Gasteiger partial charge in [0.2, 0.25) is 0 Å². The number of hydrogen-bond acceptors (Lipinski definition) is 4. The van der Waals surface area contributed by atoms with E-state index in [-0.39, 0.29) is 0 Å². The van der Waals surface area contributed by atoms with E-state index in [9.17, 15) is 0 Å². The van der Waals surface area contributed by atoms with E-state index in [0.29, 0.717) is 13.2 Å². The highest BCUT2D eigenvalue weighted by atomic mass is 32.1. The zero-order chi connectivity index (χ0) is 19.9. The van der Waals surface area contributed by atoms with Crippen LogP contribution in [-0.2, 0) is 0 Å². The molecule has 28 heavy (non-hydrogen) atoms. The number of thiophene rings is 2. The smallest absolute Gasteiger partial charge is 0.127 e. The van der Waals surface area contributed by atoms with Gasteiger partial charge < -0.3 is 9.47 Å². The van der Waals surface area contributed by atoms with Crippen molar-refractivity contribution in [2.24, 2.45) is 0 Å². The summed E-state index contributed by atoms with van der Waals surface area (Å²) in [4.78, 5) is 5.08. The normalized spacial score (nSPS) is 11.6. The Morgan fingerprint density at radius 1 is 0.679 bits per heavy atom. The molecule has 3 aromatic rings. The van der Waals surface area contributed by atoms with Crippen molar-refractivity contribution in [3.8, 4) is 11.5 Å². The Kier molecular flexibility index (Phi) is 7.12. The first kappa shape index (κ1) is 20.4. The van der Waals surface area contributed by atoms with Crippen LogP contribution in [0.1, 0.15) is 44.5 Å². The van der Waals surface area contributed by atoms with Crippen LogP contribution in [0.3, 0.4) is 0 Å². The highest BCUT2D eigenvalue weighted by Crippen LogP contribution is 2.33. The van der Waals surface area contributed by atoms with Gasteiger partial charge in [0.1, 0.15) is 11.5 Å². The topological polar surface area (TPSA) is 18.5 Å². The Labute approximate surface area is 175 Å². The molecule has 0 N–H and O–H groups in total. The molecule has 2 nitrogen and oxygen atoms in total. The van der Waals surface area contributed by atoms with E-state index in [0.717, 1.165) is 22.6 Å². The first-order chi connectivity index (χ1) is 13.6. The summed E-state index contributed by atoms with van der Waals surface area (Å²) >= 11 is 3.57. The minimum Gasteiger partial charge on any atom is -0.493 e. The van der Waals surface area contributed by atoms with Gasteiger partial charge in [-0.3, -0.25) is 0 Å². The average molecular weight is 411 g/mol. The third-order valence-electron chi connectivity index (χ3n) is 4.12. The first-order valence-electron chi connectivity index (χ1n) is 9.51. The molecule has 0 aliphatic heterocycles. The predicted molar refractivity (Wildman–Crippen MR) is 125 cm³/mol. The van der Waals surface area contributed by atoms with Crippen molar-refractivity contribution in [1.29, 1.82) is 0 Å². The van der Waals surface area contributed by atoms with Crippen LogP contribution in [0.15, 0.2) is 36.4 Å². The summed E-state index contributed by atoms with van der Waals surface area (Å²) in [6, 6.07) is 12.7. The molecular weight excluding hydrogens is 384 g/mol. The maximum atomic E-state index is 5.93. The number of hydrogen-bond donors (Lipinski definition) is 0. The molecule has 0 atom stereocenters. The average Bonchev–Trinajstić information content (AvgIpc) is 3.28. The summed E-state index contributed by atoms with van der Waals surface area (Å²) in [5.74, 6) is 1.75. The van der Waals surface area contributed by atoms with Gasteiger partial charge in [0.05, 0.1) is 13.2 Å². The van der Waals surface area contributed by atoms with E-state index in [4.69, 9.17) is 9.47 Å².